The molecule has 0 saturated carbocycles. The molecule has 7 nitrogen and oxygen atoms in total. The Kier molecular flexibility index (Phi) is 6.96. The standard InChI is InChI=1S/C19H23N3O4/c1-4-10-26-19-17(22(23)24)11-15(12-18(19)25-5-2)13-20-21-16-8-6-14(3)7-9-16/h6-9,11-13,21H,4-5,10H2,1-3H3/b20-13+. The molecule has 2 aromatic rings. The van der Waals surface area contributed by atoms with Crippen molar-refractivity contribution in [2.24, 2.45) is 5.10 Å². The molecule has 0 amide bonds. The Morgan fingerprint density at radius 2 is 1.92 bits per heavy atom. The minimum atomic E-state index is -0.474. The van der Waals surface area contributed by atoms with Crippen LogP contribution in [-0.2, 0) is 0 Å². The fraction of sp³-hybridized carbons (Fsp3) is 0.316. The summed E-state index contributed by atoms with van der Waals surface area (Å²) in [6.07, 6.45) is 2.26. The van der Waals surface area contributed by atoms with Crippen molar-refractivity contribution in [3.8, 4) is 11.5 Å². The van der Waals surface area contributed by atoms with Gasteiger partial charge in [0.05, 0.1) is 30.0 Å². The largest absolute Gasteiger partial charge is 0.490 e. The van der Waals surface area contributed by atoms with Gasteiger partial charge in [-0.15, -0.1) is 0 Å². The maximum absolute atomic E-state index is 11.4. The van der Waals surface area contributed by atoms with Crippen LogP contribution in [0.1, 0.15) is 31.4 Å². The first-order chi connectivity index (χ1) is 12.5. The van der Waals surface area contributed by atoms with E-state index in [0.717, 1.165) is 17.7 Å². The zero-order valence-electron chi connectivity index (χ0n) is 15.2. The van der Waals surface area contributed by atoms with Crippen LogP contribution >= 0.6 is 0 Å². The molecule has 0 aromatic heterocycles. The van der Waals surface area contributed by atoms with E-state index in [9.17, 15) is 10.1 Å². The third-order valence-electron chi connectivity index (χ3n) is 3.46. The predicted octanol–water partition coefficient (Wildman–Crippen LogP) is 4.54. The Hall–Kier alpha value is -3.09. The number of nitrogens with one attached hydrogen (secondary N) is 1. The van der Waals surface area contributed by atoms with Gasteiger partial charge in [0.15, 0.2) is 5.75 Å². The molecule has 0 unspecified atom stereocenters. The Bertz CT molecular complexity index is 773. The summed E-state index contributed by atoms with van der Waals surface area (Å²) in [4.78, 5) is 11.0. The number of nitrogens with zero attached hydrogens (tertiary/aromatic N) is 2. The molecule has 2 rings (SSSR count). The zero-order chi connectivity index (χ0) is 18.9. The molecule has 0 radical (unpaired) electrons. The molecule has 0 aliphatic carbocycles. The van der Waals surface area contributed by atoms with E-state index in [1.54, 1.807) is 6.07 Å². The van der Waals surface area contributed by atoms with Gasteiger partial charge >= 0.3 is 5.69 Å². The summed E-state index contributed by atoms with van der Waals surface area (Å²) >= 11 is 0. The summed E-state index contributed by atoms with van der Waals surface area (Å²) in [6, 6.07) is 10.9. The van der Waals surface area contributed by atoms with Gasteiger partial charge in [0, 0.05) is 11.6 Å². The van der Waals surface area contributed by atoms with E-state index in [1.165, 1.54) is 12.3 Å². The molecule has 2 aromatic carbocycles. The predicted molar refractivity (Wildman–Crippen MR) is 102 cm³/mol. The molecular formula is C19H23N3O4. The van der Waals surface area contributed by atoms with Crippen LogP contribution in [-0.4, -0.2) is 24.4 Å². The maximum Gasteiger partial charge on any atom is 0.315 e. The van der Waals surface area contributed by atoms with Gasteiger partial charge in [0.1, 0.15) is 0 Å². The van der Waals surface area contributed by atoms with Crippen molar-refractivity contribution in [3.05, 3.63) is 57.6 Å². The van der Waals surface area contributed by atoms with E-state index in [0.29, 0.717) is 24.5 Å². The first-order valence-corrected chi connectivity index (χ1v) is 8.49. The summed E-state index contributed by atoms with van der Waals surface area (Å²) in [5.41, 5.74) is 5.28. The van der Waals surface area contributed by atoms with Gasteiger partial charge in [-0.05, 0) is 38.5 Å². The third-order valence-corrected chi connectivity index (χ3v) is 3.46. The molecule has 0 spiro atoms. The first-order valence-electron chi connectivity index (χ1n) is 8.49. The van der Waals surface area contributed by atoms with Crippen molar-refractivity contribution in [3.63, 3.8) is 0 Å². The highest BCUT2D eigenvalue weighted by atomic mass is 16.6. The van der Waals surface area contributed by atoms with Crippen molar-refractivity contribution in [2.75, 3.05) is 18.6 Å². The molecule has 0 heterocycles. The Balaban J connectivity index is 2.28. The fourth-order valence-corrected chi connectivity index (χ4v) is 2.24. The monoisotopic (exact) mass is 357 g/mol. The molecule has 0 saturated heterocycles. The second-order valence-electron chi connectivity index (χ2n) is 5.64. The van der Waals surface area contributed by atoms with E-state index in [2.05, 4.69) is 10.5 Å². The number of hydrogen-bond acceptors (Lipinski definition) is 6. The van der Waals surface area contributed by atoms with E-state index in [-0.39, 0.29) is 11.4 Å². The molecule has 0 bridgehead atoms. The SMILES string of the molecule is CCCOc1c(OCC)cc(/C=N/Nc2ccc(C)cc2)cc1[N+](=O)[O-]. The van der Waals surface area contributed by atoms with Crippen molar-refractivity contribution in [1.29, 1.82) is 0 Å². The Morgan fingerprint density at radius 1 is 1.19 bits per heavy atom. The van der Waals surface area contributed by atoms with Gasteiger partial charge in [-0.3, -0.25) is 15.5 Å². The fourth-order valence-electron chi connectivity index (χ4n) is 2.24. The highest BCUT2D eigenvalue weighted by molar-refractivity contribution is 5.83. The zero-order valence-corrected chi connectivity index (χ0v) is 15.2. The van der Waals surface area contributed by atoms with E-state index >= 15 is 0 Å². The number of hydrazone groups is 1. The molecule has 7 heteroatoms. The van der Waals surface area contributed by atoms with Crippen molar-refractivity contribution >= 4 is 17.6 Å². The molecule has 0 atom stereocenters. The van der Waals surface area contributed by atoms with Crippen LogP contribution in [0.5, 0.6) is 11.5 Å². The maximum atomic E-state index is 11.4. The van der Waals surface area contributed by atoms with Gasteiger partial charge in [0.25, 0.3) is 0 Å². The van der Waals surface area contributed by atoms with Gasteiger partial charge < -0.3 is 9.47 Å². The molecule has 0 aliphatic rings. The number of hydrogen-bond donors (Lipinski definition) is 1. The molecule has 1 N–H and O–H groups in total. The van der Waals surface area contributed by atoms with Gasteiger partial charge in [-0.25, -0.2) is 0 Å². The normalized spacial score (nSPS) is 10.7. The third kappa shape index (κ3) is 5.20. The number of rotatable bonds is 9. The van der Waals surface area contributed by atoms with Gasteiger partial charge in [-0.1, -0.05) is 24.6 Å². The van der Waals surface area contributed by atoms with E-state index in [1.807, 2.05) is 45.0 Å². The smallest absolute Gasteiger partial charge is 0.315 e. The molecular weight excluding hydrogens is 334 g/mol. The number of aryl methyl sites for hydroxylation is 1. The lowest BCUT2D eigenvalue weighted by Crippen LogP contribution is -2.04. The van der Waals surface area contributed by atoms with Crippen molar-refractivity contribution < 1.29 is 14.4 Å². The molecule has 0 aliphatic heterocycles. The summed E-state index contributed by atoms with van der Waals surface area (Å²) in [5.74, 6) is 0.495. The number of benzene rings is 2. The quantitative estimate of drug-likeness (QED) is 0.404. The summed E-state index contributed by atoms with van der Waals surface area (Å²) in [7, 11) is 0. The van der Waals surface area contributed by atoms with Crippen molar-refractivity contribution in [1.82, 2.24) is 0 Å². The summed E-state index contributed by atoms with van der Waals surface area (Å²) in [6.45, 7) is 6.51. The van der Waals surface area contributed by atoms with Crippen LogP contribution in [0.2, 0.25) is 0 Å². The van der Waals surface area contributed by atoms with E-state index < -0.39 is 4.92 Å². The van der Waals surface area contributed by atoms with Crippen LogP contribution in [0, 0.1) is 17.0 Å². The van der Waals surface area contributed by atoms with Gasteiger partial charge in [0.2, 0.25) is 5.75 Å². The average molecular weight is 357 g/mol. The van der Waals surface area contributed by atoms with E-state index in [4.69, 9.17) is 9.47 Å². The van der Waals surface area contributed by atoms with Crippen LogP contribution in [0.15, 0.2) is 41.5 Å². The minimum Gasteiger partial charge on any atom is -0.490 e. The molecule has 26 heavy (non-hydrogen) atoms. The summed E-state index contributed by atoms with van der Waals surface area (Å²) in [5, 5.41) is 15.6. The number of ether oxygens (including phenoxy) is 2. The highest BCUT2D eigenvalue weighted by Crippen LogP contribution is 2.38. The first kappa shape index (κ1) is 19.2. The lowest BCUT2D eigenvalue weighted by atomic mass is 10.2. The summed E-state index contributed by atoms with van der Waals surface area (Å²) < 4.78 is 11.1. The number of anilines is 1. The topological polar surface area (TPSA) is 86.0 Å². The number of nitro groups is 1. The van der Waals surface area contributed by atoms with Crippen LogP contribution in [0.4, 0.5) is 11.4 Å². The molecule has 0 fully saturated rings. The van der Waals surface area contributed by atoms with Gasteiger partial charge in [-0.2, -0.15) is 5.10 Å². The van der Waals surface area contributed by atoms with Crippen molar-refractivity contribution in [2.45, 2.75) is 27.2 Å². The van der Waals surface area contributed by atoms with Crippen LogP contribution in [0.25, 0.3) is 0 Å². The Labute approximate surface area is 152 Å². The van der Waals surface area contributed by atoms with Crippen LogP contribution < -0.4 is 14.9 Å². The van der Waals surface area contributed by atoms with Crippen LogP contribution in [0.3, 0.4) is 0 Å². The number of nitro benzene ring substituents is 1. The Morgan fingerprint density at radius 3 is 2.54 bits per heavy atom. The minimum absolute atomic E-state index is 0.138. The average Bonchev–Trinajstić information content (AvgIpc) is 2.62. The lowest BCUT2D eigenvalue weighted by molar-refractivity contribution is -0.386. The molecule has 138 valence electrons. The second-order valence-corrected chi connectivity index (χ2v) is 5.64. The second kappa shape index (κ2) is 9.41. The highest BCUT2D eigenvalue weighted by Gasteiger charge is 2.22. The lowest BCUT2D eigenvalue weighted by Gasteiger charge is -2.12.